The number of ether oxygens (including phenoxy) is 2. The number of nitrogens with one attached hydrogen (secondary N) is 1. The lowest BCUT2D eigenvalue weighted by Gasteiger charge is -2.38. The minimum Gasteiger partial charge on any atom is -0.463 e. The van der Waals surface area contributed by atoms with Gasteiger partial charge in [0.05, 0.1) is 31.4 Å². The zero-order valence-electron chi connectivity index (χ0n) is 16.2. The number of benzene rings is 1. The minimum atomic E-state index is -0.897. The van der Waals surface area contributed by atoms with Gasteiger partial charge in [0.25, 0.3) is 0 Å². The van der Waals surface area contributed by atoms with Gasteiger partial charge in [-0.3, -0.25) is 9.80 Å². The number of morpholine rings is 1. The van der Waals surface area contributed by atoms with Gasteiger partial charge in [0.2, 0.25) is 0 Å². The van der Waals surface area contributed by atoms with Crippen molar-refractivity contribution >= 4 is 12.0 Å². The molecule has 2 heterocycles. The third kappa shape index (κ3) is 4.18. The largest absolute Gasteiger partial charge is 0.463 e. The maximum absolute atomic E-state index is 14.5. The van der Waals surface area contributed by atoms with Gasteiger partial charge in [0.1, 0.15) is 5.82 Å². The number of hydrogen-bond acceptors (Lipinski definition) is 5. The molecular weight excluding hydrogens is 365 g/mol. The van der Waals surface area contributed by atoms with Crippen molar-refractivity contribution in [1.29, 1.82) is 0 Å². The Morgan fingerprint density at radius 1 is 1.29 bits per heavy atom. The predicted molar refractivity (Wildman–Crippen MR) is 101 cm³/mol. The Kier molecular flexibility index (Phi) is 6.64. The smallest absolute Gasteiger partial charge is 0.338 e. The van der Waals surface area contributed by atoms with E-state index in [2.05, 4.69) is 10.2 Å². The van der Waals surface area contributed by atoms with Crippen LogP contribution < -0.4 is 5.32 Å². The molecule has 0 radical (unpaired) electrons. The summed E-state index contributed by atoms with van der Waals surface area (Å²) in [6, 6.07) is 4.90. The van der Waals surface area contributed by atoms with Crippen LogP contribution >= 0.6 is 0 Å². The first kappa shape index (κ1) is 20.3. The van der Waals surface area contributed by atoms with Crippen LogP contribution in [0, 0.1) is 5.82 Å². The van der Waals surface area contributed by atoms with E-state index in [0.717, 1.165) is 0 Å². The first-order chi connectivity index (χ1) is 13.6. The standard InChI is InChI=1S/C20H26FN3O4/c1-3-24-16(13-23-9-11-27-12-10-23)17(19(25)28-4-2)18(22-20(24)26)14-7-5-6-8-15(14)21/h5-8,18H,3-4,9-13H2,1-2H3,(H,22,26)/t18-/m1/s1. The summed E-state index contributed by atoms with van der Waals surface area (Å²) in [4.78, 5) is 29.3. The number of carbonyl (C=O) groups is 2. The van der Waals surface area contributed by atoms with Crippen LogP contribution in [0.3, 0.4) is 0 Å². The molecule has 3 rings (SSSR count). The van der Waals surface area contributed by atoms with Crippen molar-refractivity contribution in [2.75, 3.05) is 46.0 Å². The molecule has 0 aliphatic carbocycles. The summed E-state index contributed by atoms with van der Waals surface area (Å²) in [7, 11) is 0. The second kappa shape index (κ2) is 9.16. The Hall–Kier alpha value is -2.45. The fraction of sp³-hybridized carbons (Fsp3) is 0.500. The minimum absolute atomic E-state index is 0.192. The molecular formula is C20H26FN3O4. The summed E-state index contributed by atoms with van der Waals surface area (Å²) in [6.45, 7) is 7.11. The zero-order chi connectivity index (χ0) is 20.1. The van der Waals surface area contributed by atoms with E-state index in [4.69, 9.17) is 9.47 Å². The molecule has 8 heteroatoms. The summed E-state index contributed by atoms with van der Waals surface area (Å²) in [5.74, 6) is -1.03. The molecule has 1 N–H and O–H groups in total. The number of likely N-dealkylation sites (N-methyl/N-ethyl adjacent to an activating group) is 1. The van der Waals surface area contributed by atoms with Gasteiger partial charge in [-0.1, -0.05) is 18.2 Å². The SMILES string of the molecule is CCOC(=O)C1=C(CN2CCOCC2)N(CC)C(=O)N[C@@H]1c1ccccc1F. The van der Waals surface area contributed by atoms with E-state index >= 15 is 0 Å². The molecule has 2 amide bonds. The number of nitrogens with zero attached hydrogens (tertiary/aromatic N) is 2. The number of halogens is 1. The van der Waals surface area contributed by atoms with Crippen molar-refractivity contribution in [3.63, 3.8) is 0 Å². The molecule has 1 saturated heterocycles. The Morgan fingerprint density at radius 2 is 2.00 bits per heavy atom. The topological polar surface area (TPSA) is 71.1 Å². The van der Waals surface area contributed by atoms with E-state index in [1.165, 1.54) is 11.0 Å². The fourth-order valence-corrected chi connectivity index (χ4v) is 3.57. The maximum atomic E-state index is 14.5. The Bertz CT molecular complexity index is 762. The Labute approximate surface area is 164 Å². The second-order valence-electron chi connectivity index (χ2n) is 6.62. The summed E-state index contributed by atoms with van der Waals surface area (Å²) < 4.78 is 25.2. The zero-order valence-corrected chi connectivity index (χ0v) is 16.2. The van der Waals surface area contributed by atoms with E-state index in [0.29, 0.717) is 45.1 Å². The Morgan fingerprint density at radius 3 is 2.64 bits per heavy atom. The van der Waals surface area contributed by atoms with E-state index in [9.17, 15) is 14.0 Å². The van der Waals surface area contributed by atoms with E-state index in [1.807, 2.05) is 6.92 Å². The molecule has 1 fully saturated rings. The van der Waals surface area contributed by atoms with Gasteiger partial charge in [-0.2, -0.15) is 0 Å². The van der Waals surface area contributed by atoms with Crippen LogP contribution in [0.15, 0.2) is 35.5 Å². The van der Waals surface area contributed by atoms with Gasteiger partial charge in [-0.15, -0.1) is 0 Å². The quantitative estimate of drug-likeness (QED) is 0.752. The van der Waals surface area contributed by atoms with Gasteiger partial charge in [0.15, 0.2) is 0 Å². The van der Waals surface area contributed by atoms with E-state index < -0.39 is 17.8 Å². The molecule has 0 bridgehead atoms. The first-order valence-corrected chi connectivity index (χ1v) is 9.59. The first-order valence-electron chi connectivity index (χ1n) is 9.59. The number of urea groups is 1. The highest BCUT2D eigenvalue weighted by molar-refractivity contribution is 5.95. The van der Waals surface area contributed by atoms with E-state index in [1.54, 1.807) is 25.1 Å². The molecule has 0 saturated carbocycles. The molecule has 1 atom stereocenters. The third-order valence-electron chi connectivity index (χ3n) is 4.94. The molecule has 1 aromatic carbocycles. The van der Waals surface area contributed by atoms with Crippen LogP contribution in [0.5, 0.6) is 0 Å². The average Bonchev–Trinajstić information content (AvgIpc) is 2.69. The van der Waals surface area contributed by atoms with Crippen molar-refractivity contribution in [1.82, 2.24) is 15.1 Å². The number of carbonyl (C=O) groups excluding carboxylic acids is 2. The molecule has 2 aliphatic heterocycles. The highest BCUT2D eigenvalue weighted by Crippen LogP contribution is 2.33. The summed E-state index contributed by atoms with van der Waals surface area (Å²) in [5.41, 5.74) is 1.08. The van der Waals surface area contributed by atoms with Crippen LogP contribution in [-0.4, -0.2) is 67.8 Å². The predicted octanol–water partition coefficient (Wildman–Crippen LogP) is 2.06. The average molecular weight is 391 g/mol. The number of rotatable bonds is 6. The molecule has 0 spiro atoms. The van der Waals surface area contributed by atoms with Crippen LogP contribution in [-0.2, 0) is 14.3 Å². The normalized spacial score (nSPS) is 20.9. The van der Waals surface area contributed by atoms with Gasteiger partial charge >= 0.3 is 12.0 Å². The highest BCUT2D eigenvalue weighted by Gasteiger charge is 2.39. The van der Waals surface area contributed by atoms with Gasteiger partial charge in [0, 0.05) is 37.4 Å². The van der Waals surface area contributed by atoms with Gasteiger partial charge in [-0.25, -0.2) is 14.0 Å². The maximum Gasteiger partial charge on any atom is 0.338 e. The molecule has 28 heavy (non-hydrogen) atoms. The van der Waals surface area contributed by atoms with Crippen molar-refractivity contribution in [3.8, 4) is 0 Å². The molecule has 1 aromatic rings. The number of esters is 1. The van der Waals surface area contributed by atoms with E-state index in [-0.39, 0.29) is 23.8 Å². The van der Waals surface area contributed by atoms with Crippen molar-refractivity contribution < 1.29 is 23.5 Å². The number of hydrogen-bond donors (Lipinski definition) is 1. The molecule has 0 unspecified atom stereocenters. The number of amides is 2. The lowest BCUT2D eigenvalue weighted by molar-refractivity contribution is -0.139. The second-order valence-corrected chi connectivity index (χ2v) is 6.62. The Balaban J connectivity index is 2.09. The van der Waals surface area contributed by atoms with Crippen LogP contribution in [0.1, 0.15) is 25.5 Å². The van der Waals surface area contributed by atoms with Gasteiger partial charge in [-0.05, 0) is 19.9 Å². The summed E-state index contributed by atoms with van der Waals surface area (Å²) in [5, 5.41) is 2.78. The molecule has 152 valence electrons. The van der Waals surface area contributed by atoms with Crippen molar-refractivity contribution in [3.05, 3.63) is 46.9 Å². The fourth-order valence-electron chi connectivity index (χ4n) is 3.57. The lowest BCUT2D eigenvalue weighted by atomic mass is 9.93. The van der Waals surface area contributed by atoms with Crippen molar-refractivity contribution in [2.24, 2.45) is 0 Å². The van der Waals surface area contributed by atoms with Crippen molar-refractivity contribution in [2.45, 2.75) is 19.9 Å². The molecule has 2 aliphatic rings. The third-order valence-corrected chi connectivity index (χ3v) is 4.94. The summed E-state index contributed by atoms with van der Waals surface area (Å²) >= 11 is 0. The lowest BCUT2D eigenvalue weighted by Crippen LogP contribution is -2.51. The van der Waals surface area contributed by atoms with Crippen LogP contribution in [0.25, 0.3) is 0 Å². The monoisotopic (exact) mass is 391 g/mol. The van der Waals surface area contributed by atoms with Crippen LogP contribution in [0.2, 0.25) is 0 Å². The molecule has 0 aromatic heterocycles. The highest BCUT2D eigenvalue weighted by atomic mass is 19.1. The van der Waals surface area contributed by atoms with Gasteiger partial charge < -0.3 is 14.8 Å². The molecule has 7 nitrogen and oxygen atoms in total. The summed E-state index contributed by atoms with van der Waals surface area (Å²) in [6.07, 6.45) is 0. The van der Waals surface area contributed by atoms with Crippen LogP contribution in [0.4, 0.5) is 9.18 Å².